The zero-order chi connectivity index (χ0) is 13.7. The van der Waals surface area contributed by atoms with Gasteiger partial charge in [-0.3, -0.25) is 0 Å². The third kappa shape index (κ3) is 4.03. The highest BCUT2D eigenvalue weighted by molar-refractivity contribution is 5.19. The van der Waals surface area contributed by atoms with Crippen LogP contribution < -0.4 is 5.32 Å². The molecule has 2 N–H and O–H groups in total. The van der Waals surface area contributed by atoms with Gasteiger partial charge in [-0.05, 0) is 11.5 Å². The maximum Gasteiger partial charge on any atom is 0.0815 e. The Hall–Kier alpha value is -0.900. The smallest absolute Gasteiger partial charge is 0.0815 e. The van der Waals surface area contributed by atoms with Gasteiger partial charge in [0.1, 0.15) is 0 Å². The standard InChI is InChI=1S/C16H25NO2/c1-13(2)15(14-6-4-3-5-7-14)17-12-16(18)8-10-19-11-9-16/h3-7,13,15,17-18H,8-12H2,1-2H3. The van der Waals surface area contributed by atoms with Crippen molar-refractivity contribution >= 4 is 0 Å². The Kier molecular flexibility index (Phi) is 4.97. The van der Waals surface area contributed by atoms with E-state index in [2.05, 4.69) is 43.4 Å². The van der Waals surface area contributed by atoms with Crippen LogP contribution in [0.25, 0.3) is 0 Å². The van der Waals surface area contributed by atoms with Gasteiger partial charge in [-0.25, -0.2) is 0 Å². The van der Waals surface area contributed by atoms with Crippen molar-refractivity contribution in [3.8, 4) is 0 Å². The molecule has 1 atom stereocenters. The van der Waals surface area contributed by atoms with E-state index in [-0.39, 0.29) is 6.04 Å². The Morgan fingerprint density at radius 3 is 2.42 bits per heavy atom. The molecule has 0 aromatic heterocycles. The third-order valence-electron chi connectivity index (χ3n) is 3.90. The van der Waals surface area contributed by atoms with Crippen molar-refractivity contribution in [3.63, 3.8) is 0 Å². The average molecular weight is 263 g/mol. The highest BCUT2D eigenvalue weighted by atomic mass is 16.5. The van der Waals surface area contributed by atoms with Crippen LogP contribution in [-0.2, 0) is 4.74 Å². The molecule has 0 spiro atoms. The number of rotatable bonds is 5. The fourth-order valence-corrected chi connectivity index (χ4v) is 2.63. The van der Waals surface area contributed by atoms with Crippen molar-refractivity contribution in [2.45, 2.75) is 38.3 Å². The molecule has 1 fully saturated rings. The number of aliphatic hydroxyl groups is 1. The molecule has 0 amide bonds. The van der Waals surface area contributed by atoms with Gasteiger partial charge < -0.3 is 15.2 Å². The molecule has 1 aliphatic heterocycles. The normalized spacial score (nSPS) is 20.4. The molecule has 1 heterocycles. The van der Waals surface area contributed by atoms with Gasteiger partial charge in [0, 0.05) is 38.6 Å². The Morgan fingerprint density at radius 1 is 1.21 bits per heavy atom. The van der Waals surface area contributed by atoms with Gasteiger partial charge in [0.25, 0.3) is 0 Å². The summed E-state index contributed by atoms with van der Waals surface area (Å²) in [5.74, 6) is 0.492. The predicted molar refractivity (Wildman–Crippen MR) is 77.0 cm³/mol. The molecule has 1 unspecified atom stereocenters. The number of nitrogens with one attached hydrogen (secondary N) is 1. The third-order valence-corrected chi connectivity index (χ3v) is 3.90. The van der Waals surface area contributed by atoms with Crippen LogP contribution >= 0.6 is 0 Å². The van der Waals surface area contributed by atoms with Gasteiger partial charge in [-0.2, -0.15) is 0 Å². The highest BCUT2D eigenvalue weighted by Crippen LogP contribution is 2.24. The first-order valence-corrected chi connectivity index (χ1v) is 7.19. The molecule has 3 nitrogen and oxygen atoms in total. The Balaban J connectivity index is 1.98. The zero-order valence-electron chi connectivity index (χ0n) is 11.9. The van der Waals surface area contributed by atoms with Crippen LogP contribution in [0.4, 0.5) is 0 Å². The lowest BCUT2D eigenvalue weighted by atomic mass is 9.91. The second-order valence-corrected chi connectivity index (χ2v) is 5.85. The minimum absolute atomic E-state index is 0.285. The van der Waals surface area contributed by atoms with E-state index in [1.54, 1.807) is 0 Å². The second kappa shape index (κ2) is 6.51. The van der Waals surface area contributed by atoms with Crippen LogP contribution in [0, 0.1) is 5.92 Å². The summed E-state index contributed by atoms with van der Waals surface area (Å²) in [5.41, 5.74) is 0.674. The van der Waals surface area contributed by atoms with Crippen LogP contribution in [0.5, 0.6) is 0 Å². The van der Waals surface area contributed by atoms with Crippen LogP contribution in [0.2, 0.25) is 0 Å². The molecule has 19 heavy (non-hydrogen) atoms. The summed E-state index contributed by atoms with van der Waals surface area (Å²) in [6.07, 6.45) is 1.44. The SMILES string of the molecule is CC(C)C(NCC1(O)CCOCC1)c1ccccc1. The molecule has 1 aromatic rings. The van der Waals surface area contributed by atoms with Crippen LogP contribution in [-0.4, -0.2) is 30.5 Å². The number of hydrogen-bond acceptors (Lipinski definition) is 3. The molecule has 2 rings (SSSR count). The van der Waals surface area contributed by atoms with Crippen molar-refractivity contribution in [1.82, 2.24) is 5.32 Å². The first-order valence-electron chi connectivity index (χ1n) is 7.19. The summed E-state index contributed by atoms with van der Waals surface area (Å²) >= 11 is 0. The van der Waals surface area contributed by atoms with Gasteiger partial charge in [0.2, 0.25) is 0 Å². The van der Waals surface area contributed by atoms with Gasteiger partial charge in [-0.1, -0.05) is 44.2 Å². The molecule has 0 radical (unpaired) electrons. The van der Waals surface area contributed by atoms with Crippen molar-refractivity contribution in [3.05, 3.63) is 35.9 Å². The first kappa shape index (κ1) is 14.5. The van der Waals surface area contributed by atoms with E-state index in [4.69, 9.17) is 4.74 Å². The molecule has 1 aromatic carbocycles. The van der Waals surface area contributed by atoms with Crippen molar-refractivity contribution < 1.29 is 9.84 Å². The molecule has 106 valence electrons. The summed E-state index contributed by atoms with van der Waals surface area (Å²) in [6, 6.07) is 10.7. The summed E-state index contributed by atoms with van der Waals surface area (Å²) in [6.45, 7) is 6.37. The lowest BCUT2D eigenvalue weighted by molar-refractivity contribution is -0.0633. The van der Waals surface area contributed by atoms with Crippen molar-refractivity contribution in [1.29, 1.82) is 0 Å². The van der Waals surface area contributed by atoms with E-state index < -0.39 is 5.60 Å². The van der Waals surface area contributed by atoms with E-state index in [1.165, 1.54) is 5.56 Å². The Bertz CT molecular complexity index is 372. The molecule has 0 aliphatic carbocycles. The molecule has 1 saturated heterocycles. The lowest BCUT2D eigenvalue weighted by Gasteiger charge is -2.34. The van der Waals surface area contributed by atoms with E-state index in [0.717, 1.165) is 12.8 Å². The van der Waals surface area contributed by atoms with Crippen LogP contribution in [0.3, 0.4) is 0 Å². The lowest BCUT2D eigenvalue weighted by Crippen LogP contribution is -2.46. The van der Waals surface area contributed by atoms with E-state index >= 15 is 0 Å². The van der Waals surface area contributed by atoms with Crippen molar-refractivity contribution in [2.75, 3.05) is 19.8 Å². The predicted octanol–water partition coefficient (Wildman–Crippen LogP) is 2.51. The average Bonchev–Trinajstić information content (AvgIpc) is 2.40. The fourth-order valence-electron chi connectivity index (χ4n) is 2.63. The minimum atomic E-state index is -0.611. The van der Waals surface area contributed by atoms with E-state index in [9.17, 15) is 5.11 Å². The molecule has 0 saturated carbocycles. The Morgan fingerprint density at radius 2 is 1.84 bits per heavy atom. The summed E-state index contributed by atoms with van der Waals surface area (Å²) in [5, 5.41) is 14.0. The quantitative estimate of drug-likeness (QED) is 0.857. The minimum Gasteiger partial charge on any atom is -0.388 e. The van der Waals surface area contributed by atoms with Gasteiger partial charge in [0.15, 0.2) is 0 Å². The molecule has 3 heteroatoms. The summed E-state index contributed by atoms with van der Waals surface area (Å²) in [4.78, 5) is 0. The maximum atomic E-state index is 10.5. The second-order valence-electron chi connectivity index (χ2n) is 5.85. The zero-order valence-corrected chi connectivity index (χ0v) is 11.9. The van der Waals surface area contributed by atoms with Gasteiger partial charge in [-0.15, -0.1) is 0 Å². The first-order chi connectivity index (χ1) is 9.11. The van der Waals surface area contributed by atoms with Crippen LogP contribution in [0.1, 0.15) is 38.3 Å². The monoisotopic (exact) mass is 263 g/mol. The largest absolute Gasteiger partial charge is 0.388 e. The molecular formula is C16H25NO2. The molecule has 0 bridgehead atoms. The number of hydrogen-bond donors (Lipinski definition) is 2. The molecule has 1 aliphatic rings. The van der Waals surface area contributed by atoms with Gasteiger partial charge in [0.05, 0.1) is 5.60 Å². The Labute approximate surface area is 116 Å². The van der Waals surface area contributed by atoms with Gasteiger partial charge >= 0.3 is 0 Å². The number of benzene rings is 1. The van der Waals surface area contributed by atoms with E-state index in [1.807, 2.05) is 6.07 Å². The maximum absolute atomic E-state index is 10.5. The fraction of sp³-hybridized carbons (Fsp3) is 0.625. The van der Waals surface area contributed by atoms with Crippen molar-refractivity contribution in [2.24, 2.45) is 5.92 Å². The van der Waals surface area contributed by atoms with Crippen LogP contribution in [0.15, 0.2) is 30.3 Å². The highest BCUT2D eigenvalue weighted by Gasteiger charge is 2.30. The molecular weight excluding hydrogens is 238 g/mol. The summed E-state index contributed by atoms with van der Waals surface area (Å²) in [7, 11) is 0. The topological polar surface area (TPSA) is 41.5 Å². The van der Waals surface area contributed by atoms with E-state index in [0.29, 0.717) is 25.7 Å². The number of ether oxygens (including phenoxy) is 1. The summed E-state index contributed by atoms with van der Waals surface area (Å²) < 4.78 is 5.32.